The molecule has 0 unspecified atom stereocenters. The van der Waals surface area contributed by atoms with Crippen LogP contribution in [0.2, 0.25) is 0 Å². The van der Waals surface area contributed by atoms with E-state index in [0.29, 0.717) is 0 Å². The number of thiophene rings is 1. The van der Waals surface area contributed by atoms with Gasteiger partial charge in [0.1, 0.15) is 21.2 Å². The SMILES string of the molecule is Cc1cc(C(F)(F)F)nc2sc(C(=O)Nc3ccccc3F)c(N)c12. The van der Waals surface area contributed by atoms with Crippen LogP contribution in [0.3, 0.4) is 0 Å². The Balaban J connectivity index is 2.05. The topological polar surface area (TPSA) is 68.0 Å². The lowest BCUT2D eigenvalue weighted by Gasteiger charge is -2.07. The molecule has 4 nitrogen and oxygen atoms in total. The van der Waals surface area contributed by atoms with Gasteiger partial charge in [-0.1, -0.05) is 12.1 Å². The zero-order chi connectivity index (χ0) is 18.4. The summed E-state index contributed by atoms with van der Waals surface area (Å²) >= 11 is 0.731. The first-order chi connectivity index (χ1) is 11.7. The number of anilines is 2. The Kier molecular flexibility index (Phi) is 4.11. The number of halogens is 4. The van der Waals surface area contributed by atoms with Crippen LogP contribution in [0.4, 0.5) is 28.9 Å². The molecule has 0 bridgehead atoms. The Bertz CT molecular complexity index is 981. The normalized spacial score (nSPS) is 11.7. The third-order valence-corrected chi connectivity index (χ3v) is 4.61. The molecule has 0 saturated heterocycles. The van der Waals surface area contributed by atoms with Crippen LogP contribution in [0, 0.1) is 12.7 Å². The van der Waals surface area contributed by atoms with Gasteiger partial charge in [0.15, 0.2) is 0 Å². The Labute approximate surface area is 143 Å². The largest absolute Gasteiger partial charge is 0.433 e. The lowest BCUT2D eigenvalue weighted by Crippen LogP contribution is -2.13. The number of hydrogen-bond donors (Lipinski definition) is 2. The van der Waals surface area contributed by atoms with Gasteiger partial charge in [-0.2, -0.15) is 13.2 Å². The third-order valence-electron chi connectivity index (χ3n) is 3.51. The average molecular weight is 369 g/mol. The van der Waals surface area contributed by atoms with E-state index in [-0.39, 0.29) is 32.0 Å². The first-order valence-electron chi connectivity index (χ1n) is 7.01. The molecule has 3 N–H and O–H groups in total. The van der Waals surface area contributed by atoms with Crippen LogP contribution in [-0.2, 0) is 6.18 Å². The number of aromatic nitrogens is 1. The molecular formula is C16H11F4N3OS. The summed E-state index contributed by atoms with van der Waals surface area (Å²) in [5.41, 5.74) is 5.10. The van der Waals surface area contributed by atoms with E-state index in [0.717, 1.165) is 17.4 Å². The number of rotatable bonds is 2. The lowest BCUT2D eigenvalue weighted by atomic mass is 10.1. The van der Waals surface area contributed by atoms with Gasteiger partial charge in [0, 0.05) is 5.39 Å². The highest BCUT2D eigenvalue weighted by Crippen LogP contribution is 2.38. The number of aryl methyl sites for hydroxylation is 1. The van der Waals surface area contributed by atoms with E-state index in [4.69, 9.17) is 5.73 Å². The number of nitrogens with two attached hydrogens (primary N) is 1. The second kappa shape index (κ2) is 5.99. The van der Waals surface area contributed by atoms with Crippen molar-refractivity contribution < 1.29 is 22.4 Å². The van der Waals surface area contributed by atoms with E-state index >= 15 is 0 Å². The van der Waals surface area contributed by atoms with Crippen molar-refractivity contribution in [3.05, 3.63) is 52.3 Å². The Morgan fingerprint density at radius 2 is 1.96 bits per heavy atom. The van der Waals surface area contributed by atoms with E-state index in [1.807, 2.05) is 0 Å². The van der Waals surface area contributed by atoms with Crippen LogP contribution in [0.15, 0.2) is 30.3 Å². The van der Waals surface area contributed by atoms with Gasteiger partial charge in [0.05, 0.1) is 11.4 Å². The smallest absolute Gasteiger partial charge is 0.397 e. The van der Waals surface area contributed by atoms with E-state index in [2.05, 4.69) is 10.3 Å². The standard InChI is InChI=1S/C16H11F4N3OS/c1-7-6-10(16(18,19)20)23-15-11(7)12(21)13(25-15)14(24)22-9-5-3-2-4-8(9)17/h2-6H,21H2,1H3,(H,22,24). The Hall–Kier alpha value is -2.68. The quantitative estimate of drug-likeness (QED) is 0.649. The van der Waals surface area contributed by atoms with Crippen LogP contribution in [-0.4, -0.2) is 10.9 Å². The predicted molar refractivity (Wildman–Crippen MR) is 88.1 cm³/mol. The van der Waals surface area contributed by atoms with Crippen LogP contribution in [0.1, 0.15) is 20.9 Å². The highest BCUT2D eigenvalue weighted by Gasteiger charge is 2.34. The number of pyridine rings is 1. The number of carbonyl (C=O) groups is 1. The number of nitrogen functional groups attached to an aromatic ring is 1. The lowest BCUT2D eigenvalue weighted by molar-refractivity contribution is -0.141. The van der Waals surface area contributed by atoms with E-state index in [1.54, 1.807) is 0 Å². The molecule has 0 aliphatic rings. The summed E-state index contributed by atoms with van der Waals surface area (Å²) in [7, 11) is 0. The molecule has 0 aliphatic heterocycles. The molecule has 0 atom stereocenters. The van der Waals surface area contributed by atoms with Gasteiger partial charge in [-0.05, 0) is 30.7 Å². The fraction of sp³-hybridized carbons (Fsp3) is 0.125. The van der Waals surface area contributed by atoms with Crippen molar-refractivity contribution in [3.63, 3.8) is 0 Å². The molecule has 3 rings (SSSR count). The maximum Gasteiger partial charge on any atom is 0.433 e. The summed E-state index contributed by atoms with van der Waals surface area (Å²) in [6, 6.07) is 6.41. The molecule has 1 amide bonds. The number of fused-ring (bicyclic) bond motifs is 1. The molecule has 2 heterocycles. The first kappa shape index (κ1) is 17.2. The van der Waals surface area contributed by atoms with Crippen molar-refractivity contribution in [1.82, 2.24) is 4.98 Å². The minimum atomic E-state index is -4.60. The molecule has 0 fully saturated rings. The maximum absolute atomic E-state index is 13.6. The molecule has 2 aromatic heterocycles. The van der Waals surface area contributed by atoms with Crippen LogP contribution >= 0.6 is 11.3 Å². The van der Waals surface area contributed by atoms with E-state index in [9.17, 15) is 22.4 Å². The number of nitrogens with zero attached hydrogens (tertiary/aromatic N) is 1. The summed E-state index contributed by atoms with van der Waals surface area (Å²) < 4.78 is 52.3. The molecular weight excluding hydrogens is 358 g/mol. The summed E-state index contributed by atoms with van der Waals surface area (Å²) in [4.78, 5) is 15.9. The van der Waals surface area contributed by atoms with Crippen molar-refractivity contribution in [2.24, 2.45) is 0 Å². The summed E-state index contributed by atoms with van der Waals surface area (Å²) in [6.07, 6.45) is -4.60. The van der Waals surface area contributed by atoms with Gasteiger partial charge in [-0.15, -0.1) is 11.3 Å². The number of benzene rings is 1. The van der Waals surface area contributed by atoms with Gasteiger partial charge >= 0.3 is 6.18 Å². The molecule has 3 aromatic rings. The van der Waals surface area contributed by atoms with Crippen LogP contribution < -0.4 is 11.1 Å². The predicted octanol–water partition coefficient (Wildman–Crippen LogP) is 4.60. The second-order valence-corrected chi connectivity index (χ2v) is 6.28. The van der Waals surface area contributed by atoms with Gasteiger partial charge in [0.25, 0.3) is 5.91 Å². The number of hydrogen-bond acceptors (Lipinski definition) is 4. The number of alkyl halides is 3. The first-order valence-corrected chi connectivity index (χ1v) is 7.83. The third kappa shape index (κ3) is 3.14. The summed E-state index contributed by atoms with van der Waals surface area (Å²) in [6.45, 7) is 1.46. The maximum atomic E-state index is 13.6. The molecule has 9 heteroatoms. The van der Waals surface area contributed by atoms with Gasteiger partial charge in [0.2, 0.25) is 0 Å². The fourth-order valence-corrected chi connectivity index (χ4v) is 3.43. The molecule has 130 valence electrons. The summed E-state index contributed by atoms with van der Waals surface area (Å²) in [5.74, 6) is -1.34. The minimum absolute atomic E-state index is 0.00325. The highest BCUT2D eigenvalue weighted by atomic mass is 32.1. The monoisotopic (exact) mass is 369 g/mol. The van der Waals surface area contributed by atoms with Gasteiger partial charge in [-0.3, -0.25) is 4.79 Å². The second-order valence-electron chi connectivity index (χ2n) is 5.28. The zero-order valence-electron chi connectivity index (χ0n) is 12.7. The fourth-order valence-electron chi connectivity index (χ4n) is 2.37. The molecule has 1 aromatic carbocycles. The van der Waals surface area contributed by atoms with Crippen molar-refractivity contribution in [2.75, 3.05) is 11.1 Å². The van der Waals surface area contributed by atoms with Crippen molar-refractivity contribution in [3.8, 4) is 0 Å². The van der Waals surface area contributed by atoms with E-state index in [1.165, 1.54) is 31.2 Å². The zero-order valence-corrected chi connectivity index (χ0v) is 13.6. The Morgan fingerprint density at radius 1 is 1.28 bits per heavy atom. The van der Waals surface area contributed by atoms with Gasteiger partial charge in [-0.25, -0.2) is 9.37 Å². The van der Waals surface area contributed by atoms with Crippen molar-refractivity contribution in [2.45, 2.75) is 13.1 Å². The summed E-state index contributed by atoms with van der Waals surface area (Å²) in [5, 5.41) is 2.65. The molecule has 0 spiro atoms. The number of para-hydroxylation sites is 1. The van der Waals surface area contributed by atoms with Crippen LogP contribution in [0.5, 0.6) is 0 Å². The number of carbonyl (C=O) groups excluding carboxylic acids is 1. The molecule has 0 saturated carbocycles. The average Bonchev–Trinajstić information content (AvgIpc) is 2.86. The van der Waals surface area contributed by atoms with E-state index < -0.39 is 23.6 Å². The van der Waals surface area contributed by atoms with Gasteiger partial charge < -0.3 is 11.1 Å². The Morgan fingerprint density at radius 3 is 2.60 bits per heavy atom. The minimum Gasteiger partial charge on any atom is -0.397 e. The number of nitrogens with one attached hydrogen (secondary N) is 1. The number of amides is 1. The molecule has 25 heavy (non-hydrogen) atoms. The van der Waals surface area contributed by atoms with Crippen molar-refractivity contribution in [1.29, 1.82) is 0 Å². The van der Waals surface area contributed by atoms with Crippen molar-refractivity contribution >= 4 is 38.8 Å². The highest BCUT2D eigenvalue weighted by molar-refractivity contribution is 7.21. The molecule has 0 aliphatic carbocycles. The molecule has 0 radical (unpaired) electrons. The van der Waals surface area contributed by atoms with Crippen LogP contribution in [0.25, 0.3) is 10.2 Å².